The Morgan fingerprint density at radius 2 is 1.69 bits per heavy atom. The maximum absolute atomic E-state index is 13.8. The van der Waals surface area contributed by atoms with Gasteiger partial charge in [0.15, 0.2) is 5.72 Å². The van der Waals surface area contributed by atoms with Gasteiger partial charge in [-0.3, -0.25) is 14.5 Å². The van der Waals surface area contributed by atoms with Crippen LogP contribution in [0.1, 0.15) is 18.1 Å². The van der Waals surface area contributed by atoms with Gasteiger partial charge in [0, 0.05) is 33.8 Å². The molecule has 0 saturated carbocycles. The maximum Gasteiger partial charge on any atom is 0.312 e. The molecule has 0 radical (unpaired) electrons. The largest absolute Gasteiger partial charge is 0.497 e. The number of hydrogen-bond acceptors (Lipinski definition) is 4. The number of methoxy groups -OCH3 is 1. The van der Waals surface area contributed by atoms with Crippen molar-refractivity contribution >= 4 is 43.7 Å². The predicted molar refractivity (Wildman–Crippen MR) is 127 cm³/mol. The van der Waals surface area contributed by atoms with Gasteiger partial charge >= 0.3 is 5.97 Å². The Labute approximate surface area is 204 Å². The van der Waals surface area contributed by atoms with Crippen molar-refractivity contribution in [1.29, 1.82) is 0 Å². The molecule has 32 heavy (non-hydrogen) atoms. The number of benzene rings is 2. The van der Waals surface area contributed by atoms with Crippen molar-refractivity contribution < 1.29 is 19.1 Å². The third-order valence-corrected chi connectivity index (χ3v) is 9.65. The first-order valence-electron chi connectivity index (χ1n) is 10.6. The summed E-state index contributed by atoms with van der Waals surface area (Å²) in [6, 6.07) is 17.6. The topological polar surface area (TPSA) is 55.8 Å². The lowest BCUT2D eigenvalue weighted by atomic mass is 9.69. The number of carbonyl (C=O) groups is 2. The van der Waals surface area contributed by atoms with E-state index in [4.69, 9.17) is 9.47 Å². The van der Waals surface area contributed by atoms with Gasteiger partial charge in [0.1, 0.15) is 5.75 Å². The molecule has 5 rings (SSSR count). The molecule has 5 atom stereocenters. The third kappa shape index (κ3) is 3.16. The molecular weight excluding hydrogens is 538 g/mol. The summed E-state index contributed by atoms with van der Waals surface area (Å²) in [5.74, 6) is -0.633. The van der Waals surface area contributed by atoms with E-state index in [1.807, 2.05) is 61.5 Å². The number of likely N-dealkylation sites (tertiary alicyclic amines) is 1. The number of allylic oxidation sites excluding steroid dienone is 1. The van der Waals surface area contributed by atoms with Gasteiger partial charge in [0.05, 0.1) is 18.9 Å². The first-order valence-corrected chi connectivity index (χ1v) is 12.2. The van der Waals surface area contributed by atoms with Crippen molar-refractivity contribution in [3.63, 3.8) is 0 Å². The van der Waals surface area contributed by atoms with Crippen molar-refractivity contribution in [2.24, 2.45) is 23.7 Å². The Morgan fingerprint density at radius 3 is 2.34 bits per heavy atom. The van der Waals surface area contributed by atoms with Crippen molar-refractivity contribution in [3.8, 4) is 5.75 Å². The number of esters is 1. The van der Waals surface area contributed by atoms with Crippen molar-refractivity contribution in [1.82, 2.24) is 4.90 Å². The van der Waals surface area contributed by atoms with Crippen molar-refractivity contribution in [2.75, 3.05) is 7.11 Å². The molecule has 166 valence electrons. The highest BCUT2D eigenvalue weighted by Crippen LogP contribution is 2.61. The van der Waals surface area contributed by atoms with E-state index in [9.17, 15) is 9.59 Å². The molecule has 5 nitrogen and oxygen atoms in total. The fraction of sp³-hybridized carbons (Fsp3) is 0.360. The Bertz CT molecular complexity index is 1100. The fourth-order valence-electron chi connectivity index (χ4n) is 5.52. The second-order valence-corrected chi connectivity index (χ2v) is 10.4. The average molecular weight is 561 g/mol. The van der Waals surface area contributed by atoms with Gasteiger partial charge in [-0.2, -0.15) is 0 Å². The molecule has 3 aliphatic rings. The van der Waals surface area contributed by atoms with E-state index in [-0.39, 0.29) is 29.6 Å². The highest BCUT2D eigenvalue weighted by molar-refractivity contribution is 9.14. The molecular formula is C25H23Br2NO4. The van der Waals surface area contributed by atoms with Gasteiger partial charge in [-0.25, -0.2) is 0 Å². The molecule has 2 saturated heterocycles. The number of ether oxygens (including phenoxy) is 2. The Morgan fingerprint density at radius 1 is 1.00 bits per heavy atom. The van der Waals surface area contributed by atoms with E-state index in [0.29, 0.717) is 13.0 Å². The smallest absolute Gasteiger partial charge is 0.312 e. The predicted octanol–water partition coefficient (Wildman–Crippen LogP) is 5.03. The minimum Gasteiger partial charge on any atom is -0.497 e. The van der Waals surface area contributed by atoms with Gasteiger partial charge in [-0.1, -0.05) is 81.2 Å². The lowest BCUT2D eigenvalue weighted by Crippen LogP contribution is -2.50. The van der Waals surface area contributed by atoms with Crippen LogP contribution in [0.25, 0.3) is 0 Å². The first kappa shape index (κ1) is 21.7. The molecule has 0 bridgehead atoms. The minimum atomic E-state index is -1.02. The SMILES string of the molecule is COc1ccc(CN2C(=O)C3C(Br)=C(Br)C(C)C4C(=O)OC2(Cc2ccccc2)C34)cc1. The molecule has 1 amide bonds. The first-order chi connectivity index (χ1) is 15.4. The van der Waals surface area contributed by atoms with Crippen LogP contribution in [0, 0.1) is 23.7 Å². The Balaban J connectivity index is 1.62. The number of halogens is 2. The van der Waals surface area contributed by atoms with Crippen molar-refractivity contribution in [3.05, 3.63) is 74.7 Å². The summed E-state index contributed by atoms with van der Waals surface area (Å²) in [5, 5.41) is 0. The van der Waals surface area contributed by atoms with Crippen LogP contribution < -0.4 is 4.74 Å². The number of amides is 1. The van der Waals surface area contributed by atoms with E-state index in [2.05, 4.69) is 31.9 Å². The summed E-state index contributed by atoms with van der Waals surface area (Å²) in [7, 11) is 1.62. The van der Waals surface area contributed by atoms with Gasteiger partial charge in [-0.05, 0) is 23.3 Å². The van der Waals surface area contributed by atoms with Crippen LogP contribution in [-0.4, -0.2) is 29.6 Å². The summed E-state index contributed by atoms with van der Waals surface area (Å²) in [6.07, 6.45) is 0.462. The number of nitrogens with zero attached hydrogens (tertiary/aromatic N) is 1. The van der Waals surface area contributed by atoms with Crippen molar-refractivity contribution in [2.45, 2.75) is 25.6 Å². The monoisotopic (exact) mass is 559 g/mol. The molecule has 2 aliphatic heterocycles. The van der Waals surface area contributed by atoms with Gasteiger partial charge in [0.2, 0.25) is 5.91 Å². The average Bonchev–Trinajstić information content (AvgIpc) is 3.20. The molecule has 0 spiro atoms. The molecule has 2 aromatic carbocycles. The molecule has 1 aliphatic carbocycles. The van der Waals surface area contributed by atoms with E-state index >= 15 is 0 Å². The molecule has 2 fully saturated rings. The van der Waals surface area contributed by atoms with Crippen LogP contribution in [0.2, 0.25) is 0 Å². The summed E-state index contributed by atoms with van der Waals surface area (Å²) in [4.78, 5) is 28.8. The zero-order valence-corrected chi connectivity index (χ0v) is 20.9. The maximum atomic E-state index is 13.8. The van der Waals surface area contributed by atoms with Gasteiger partial charge in [-0.15, -0.1) is 0 Å². The highest BCUT2D eigenvalue weighted by Gasteiger charge is 2.72. The second-order valence-electron chi connectivity index (χ2n) is 8.71. The van der Waals surface area contributed by atoms with Crippen LogP contribution in [0.15, 0.2) is 63.6 Å². The van der Waals surface area contributed by atoms with Crippen LogP contribution >= 0.6 is 31.9 Å². The van der Waals surface area contributed by atoms with E-state index in [1.54, 1.807) is 12.0 Å². The van der Waals surface area contributed by atoms with Crippen LogP contribution in [-0.2, 0) is 27.3 Å². The Hall–Kier alpha value is -2.12. The summed E-state index contributed by atoms with van der Waals surface area (Å²) in [6.45, 7) is 2.37. The lowest BCUT2D eigenvalue weighted by molar-refractivity contribution is -0.172. The molecule has 5 unspecified atom stereocenters. The minimum absolute atomic E-state index is 0.0185. The summed E-state index contributed by atoms with van der Waals surface area (Å²) in [5.41, 5.74) is 0.967. The summed E-state index contributed by atoms with van der Waals surface area (Å²) < 4.78 is 13.2. The highest BCUT2D eigenvalue weighted by atomic mass is 79.9. The zero-order chi connectivity index (χ0) is 22.6. The summed E-state index contributed by atoms with van der Waals surface area (Å²) >= 11 is 7.33. The molecule has 0 N–H and O–H groups in total. The van der Waals surface area contributed by atoms with E-state index in [1.165, 1.54) is 0 Å². The number of carbonyl (C=O) groups excluding carboxylic acids is 2. The molecule has 2 aromatic rings. The number of hydrogen-bond donors (Lipinski definition) is 0. The van der Waals surface area contributed by atoms with E-state index in [0.717, 1.165) is 25.8 Å². The molecule has 7 heteroatoms. The third-order valence-electron chi connectivity index (χ3n) is 7.04. The standard InChI is InChI=1S/C25H23Br2NO4/c1-14-18-20-19(22(27)21(14)26)23(29)28(13-16-8-10-17(31-2)11-9-16)25(20,32-24(18)30)12-15-6-4-3-5-7-15/h3-11,14,18-20H,12-13H2,1-2H3. The van der Waals surface area contributed by atoms with Crippen LogP contribution in [0.3, 0.4) is 0 Å². The normalized spacial score (nSPS) is 31.1. The molecule has 0 aromatic heterocycles. The quantitative estimate of drug-likeness (QED) is 0.481. The van der Waals surface area contributed by atoms with Crippen LogP contribution in [0.4, 0.5) is 0 Å². The number of rotatable bonds is 5. The van der Waals surface area contributed by atoms with Crippen LogP contribution in [0.5, 0.6) is 5.75 Å². The lowest BCUT2D eigenvalue weighted by Gasteiger charge is -2.38. The van der Waals surface area contributed by atoms with Gasteiger partial charge < -0.3 is 9.47 Å². The van der Waals surface area contributed by atoms with Gasteiger partial charge in [0.25, 0.3) is 0 Å². The van der Waals surface area contributed by atoms with E-state index < -0.39 is 11.6 Å². The second kappa shape index (κ2) is 8.03. The zero-order valence-electron chi connectivity index (χ0n) is 17.8. The Kier molecular flexibility index (Phi) is 5.45. The molecule has 2 heterocycles. The fourth-order valence-corrected chi connectivity index (χ4v) is 6.89.